The number of rotatable bonds is 5. The second kappa shape index (κ2) is 5.54. The number of nitrogens with two attached hydrogens (primary N) is 1. The van der Waals surface area contributed by atoms with E-state index in [9.17, 15) is 0 Å². The van der Waals surface area contributed by atoms with Gasteiger partial charge in [0.25, 0.3) is 0 Å². The van der Waals surface area contributed by atoms with Gasteiger partial charge in [0.1, 0.15) is 0 Å². The Hall–Kier alpha value is -0.160. The van der Waals surface area contributed by atoms with Crippen molar-refractivity contribution in [3.8, 4) is 0 Å². The van der Waals surface area contributed by atoms with E-state index in [1.807, 2.05) is 14.1 Å². The van der Waals surface area contributed by atoms with E-state index in [4.69, 9.17) is 15.2 Å². The summed E-state index contributed by atoms with van der Waals surface area (Å²) in [7, 11) is 4.10. The third-order valence-corrected chi connectivity index (χ3v) is 2.11. The summed E-state index contributed by atoms with van der Waals surface area (Å²) in [6.45, 7) is 2.38. The molecule has 2 atom stereocenters. The highest BCUT2D eigenvalue weighted by atomic mass is 16.7. The molecule has 0 aromatic heterocycles. The Labute approximate surface area is 80.0 Å². The lowest BCUT2D eigenvalue weighted by Crippen LogP contribution is -2.21. The van der Waals surface area contributed by atoms with Crippen molar-refractivity contribution in [2.45, 2.75) is 25.2 Å². The average Bonchev–Trinajstić information content (AvgIpc) is 2.50. The molecule has 0 spiro atoms. The molecule has 1 saturated heterocycles. The van der Waals surface area contributed by atoms with Crippen LogP contribution in [0.1, 0.15) is 12.8 Å². The van der Waals surface area contributed by atoms with Crippen molar-refractivity contribution in [2.75, 3.05) is 33.8 Å². The molecule has 0 saturated carbocycles. The molecule has 2 N–H and O–H groups in total. The van der Waals surface area contributed by atoms with Gasteiger partial charge in [-0.05, 0) is 27.1 Å². The second-order valence-electron chi connectivity index (χ2n) is 3.69. The molecular formula is C9H20N2O2. The number of nitrogens with zero attached hydrogens (tertiary/aromatic N) is 1. The molecular weight excluding hydrogens is 168 g/mol. The van der Waals surface area contributed by atoms with Crippen LogP contribution in [0.4, 0.5) is 0 Å². The maximum absolute atomic E-state index is 5.62. The lowest BCUT2D eigenvalue weighted by atomic mass is 10.3. The lowest BCUT2D eigenvalue weighted by molar-refractivity contribution is -0.0651. The van der Waals surface area contributed by atoms with Gasteiger partial charge in [-0.25, -0.2) is 0 Å². The fourth-order valence-corrected chi connectivity index (χ4v) is 1.36. The molecule has 0 radical (unpaired) electrons. The van der Waals surface area contributed by atoms with Crippen LogP contribution in [0.3, 0.4) is 0 Å². The molecule has 0 aromatic rings. The largest absolute Gasteiger partial charge is 0.350 e. The first-order valence-corrected chi connectivity index (χ1v) is 4.84. The van der Waals surface area contributed by atoms with E-state index in [0.29, 0.717) is 13.2 Å². The molecule has 1 heterocycles. The van der Waals surface area contributed by atoms with Crippen molar-refractivity contribution in [2.24, 2.45) is 5.73 Å². The van der Waals surface area contributed by atoms with Crippen LogP contribution in [0.15, 0.2) is 0 Å². The van der Waals surface area contributed by atoms with Gasteiger partial charge < -0.3 is 20.1 Å². The van der Waals surface area contributed by atoms with E-state index >= 15 is 0 Å². The highest BCUT2D eigenvalue weighted by molar-refractivity contribution is 4.66. The molecule has 0 bridgehead atoms. The minimum absolute atomic E-state index is 0.0149. The smallest absolute Gasteiger partial charge is 0.159 e. The predicted molar refractivity (Wildman–Crippen MR) is 51.5 cm³/mol. The Morgan fingerprint density at radius 3 is 2.77 bits per heavy atom. The van der Waals surface area contributed by atoms with Gasteiger partial charge in [0.15, 0.2) is 6.29 Å². The van der Waals surface area contributed by atoms with E-state index in [2.05, 4.69) is 4.90 Å². The van der Waals surface area contributed by atoms with Gasteiger partial charge >= 0.3 is 0 Å². The van der Waals surface area contributed by atoms with Crippen LogP contribution in [-0.2, 0) is 9.47 Å². The summed E-state index contributed by atoms with van der Waals surface area (Å²) < 4.78 is 11.1. The topological polar surface area (TPSA) is 47.7 Å². The summed E-state index contributed by atoms with van der Waals surface area (Å²) in [5, 5.41) is 0. The average molecular weight is 188 g/mol. The van der Waals surface area contributed by atoms with Crippen LogP contribution in [0.2, 0.25) is 0 Å². The first kappa shape index (κ1) is 10.9. The summed E-state index contributed by atoms with van der Waals surface area (Å²) in [5.74, 6) is 0. The monoisotopic (exact) mass is 188 g/mol. The van der Waals surface area contributed by atoms with Gasteiger partial charge in [0.2, 0.25) is 0 Å². The fourth-order valence-electron chi connectivity index (χ4n) is 1.36. The molecule has 1 rings (SSSR count). The molecule has 4 nitrogen and oxygen atoms in total. The second-order valence-corrected chi connectivity index (χ2v) is 3.69. The number of hydrogen-bond donors (Lipinski definition) is 1. The molecule has 78 valence electrons. The van der Waals surface area contributed by atoms with Gasteiger partial charge in [-0.1, -0.05) is 0 Å². The third-order valence-electron chi connectivity index (χ3n) is 2.11. The molecule has 0 amide bonds. The minimum atomic E-state index is -0.0149. The van der Waals surface area contributed by atoms with Crippen LogP contribution >= 0.6 is 0 Å². The van der Waals surface area contributed by atoms with Gasteiger partial charge in [0, 0.05) is 13.0 Å². The quantitative estimate of drug-likeness (QED) is 0.661. The highest BCUT2D eigenvalue weighted by Crippen LogP contribution is 2.16. The molecule has 0 aliphatic carbocycles. The van der Waals surface area contributed by atoms with E-state index in [-0.39, 0.29) is 12.4 Å². The van der Waals surface area contributed by atoms with Crippen molar-refractivity contribution < 1.29 is 9.47 Å². The predicted octanol–water partition coefficient (Wildman–Crippen LogP) is 0.0284. The Bertz CT molecular complexity index is 142. The zero-order valence-corrected chi connectivity index (χ0v) is 8.53. The minimum Gasteiger partial charge on any atom is -0.350 e. The first-order valence-electron chi connectivity index (χ1n) is 4.84. The molecule has 1 fully saturated rings. The normalized spacial score (nSPS) is 28.6. The Balaban J connectivity index is 2.10. The summed E-state index contributed by atoms with van der Waals surface area (Å²) in [6.07, 6.45) is 2.04. The van der Waals surface area contributed by atoms with Gasteiger partial charge in [-0.3, -0.25) is 0 Å². The summed E-state index contributed by atoms with van der Waals surface area (Å²) in [5.41, 5.74) is 5.43. The van der Waals surface area contributed by atoms with Crippen molar-refractivity contribution in [1.82, 2.24) is 4.90 Å². The van der Waals surface area contributed by atoms with Crippen molar-refractivity contribution in [3.05, 3.63) is 0 Å². The molecule has 0 aromatic carbocycles. The van der Waals surface area contributed by atoms with E-state index < -0.39 is 0 Å². The SMILES string of the molecule is CN(C)CCC1OCC(CCN)O1. The highest BCUT2D eigenvalue weighted by Gasteiger charge is 2.24. The fraction of sp³-hybridized carbons (Fsp3) is 1.00. The maximum atomic E-state index is 5.62. The molecule has 1 aliphatic heterocycles. The van der Waals surface area contributed by atoms with E-state index in [1.165, 1.54) is 0 Å². The molecule has 4 heteroatoms. The zero-order valence-electron chi connectivity index (χ0n) is 8.53. The van der Waals surface area contributed by atoms with Gasteiger partial charge in [0.05, 0.1) is 12.7 Å². The van der Waals surface area contributed by atoms with E-state index in [1.54, 1.807) is 0 Å². The van der Waals surface area contributed by atoms with E-state index in [0.717, 1.165) is 19.4 Å². The van der Waals surface area contributed by atoms with Crippen LogP contribution in [-0.4, -0.2) is 51.1 Å². The van der Waals surface area contributed by atoms with Crippen LogP contribution in [0, 0.1) is 0 Å². The number of ether oxygens (including phenoxy) is 2. The Morgan fingerprint density at radius 2 is 2.15 bits per heavy atom. The number of hydrogen-bond acceptors (Lipinski definition) is 4. The van der Waals surface area contributed by atoms with Gasteiger partial charge in [-0.2, -0.15) is 0 Å². The molecule has 1 aliphatic rings. The summed E-state index contributed by atoms with van der Waals surface area (Å²) in [4.78, 5) is 2.13. The third kappa shape index (κ3) is 4.04. The van der Waals surface area contributed by atoms with Crippen molar-refractivity contribution >= 4 is 0 Å². The summed E-state index contributed by atoms with van der Waals surface area (Å²) in [6, 6.07) is 0. The molecule has 2 unspecified atom stereocenters. The van der Waals surface area contributed by atoms with Crippen molar-refractivity contribution in [1.29, 1.82) is 0 Å². The maximum Gasteiger partial charge on any atom is 0.159 e. The molecule has 13 heavy (non-hydrogen) atoms. The van der Waals surface area contributed by atoms with Crippen LogP contribution in [0.25, 0.3) is 0 Å². The summed E-state index contributed by atoms with van der Waals surface area (Å²) >= 11 is 0. The van der Waals surface area contributed by atoms with Crippen LogP contribution < -0.4 is 5.73 Å². The van der Waals surface area contributed by atoms with Gasteiger partial charge in [-0.15, -0.1) is 0 Å². The standard InChI is InChI=1S/C9H20N2O2/c1-11(2)6-4-9-12-7-8(13-9)3-5-10/h8-9H,3-7,10H2,1-2H3. The van der Waals surface area contributed by atoms with Crippen molar-refractivity contribution in [3.63, 3.8) is 0 Å². The zero-order chi connectivity index (χ0) is 9.68. The Morgan fingerprint density at radius 1 is 1.38 bits per heavy atom. The van der Waals surface area contributed by atoms with Crippen LogP contribution in [0.5, 0.6) is 0 Å². The Kier molecular flexibility index (Phi) is 4.66. The first-order chi connectivity index (χ1) is 6.22. The lowest BCUT2D eigenvalue weighted by Gasteiger charge is -2.14.